The topological polar surface area (TPSA) is 66.0 Å². The minimum atomic E-state index is 0.0386. The molecule has 0 aliphatic heterocycles. The van der Waals surface area contributed by atoms with E-state index in [0.29, 0.717) is 12.0 Å². The predicted octanol–water partition coefficient (Wildman–Crippen LogP) is 2.03. The smallest absolute Gasteiger partial charge is 0.166 e. The van der Waals surface area contributed by atoms with Crippen LogP contribution in [0.25, 0.3) is 0 Å². The molecule has 0 saturated heterocycles. The second kappa shape index (κ2) is 3.73. The zero-order valence-corrected chi connectivity index (χ0v) is 9.18. The molecular formula is C13H12N2O2. The highest BCUT2D eigenvalue weighted by Crippen LogP contribution is 2.35. The number of Topliss-reactive ketones (excluding diaryl/α,β-unsaturated/α-hetero) is 1. The quantitative estimate of drug-likeness (QED) is 0.784. The lowest BCUT2D eigenvalue weighted by Gasteiger charge is -2.21. The number of H-pyrrole nitrogens is 1. The first-order chi connectivity index (χ1) is 8.25. The molecule has 3 rings (SSSR count). The van der Waals surface area contributed by atoms with Gasteiger partial charge in [-0.15, -0.1) is 0 Å². The highest BCUT2D eigenvalue weighted by Gasteiger charge is 2.28. The second-order valence-corrected chi connectivity index (χ2v) is 4.35. The van der Waals surface area contributed by atoms with E-state index < -0.39 is 0 Å². The minimum Gasteiger partial charge on any atom is -0.508 e. The zero-order valence-electron chi connectivity index (χ0n) is 9.18. The first-order valence-electron chi connectivity index (χ1n) is 5.59. The van der Waals surface area contributed by atoms with Crippen molar-refractivity contribution in [1.29, 1.82) is 0 Å². The SMILES string of the molecule is O=C1CC(c2ccccc2O)Cc2[nH]ncc21. The molecule has 0 fully saturated rings. The van der Waals surface area contributed by atoms with Crippen LogP contribution in [0.3, 0.4) is 0 Å². The van der Waals surface area contributed by atoms with Gasteiger partial charge in [0, 0.05) is 18.0 Å². The van der Waals surface area contributed by atoms with E-state index in [1.54, 1.807) is 18.3 Å². The molecule has 1 heterocycles. The Morgan fingerprint density at radius 3 is 2.94 bits per heavy atom. The van der Waals surface area contributed by atoms with Crippen LogP contribution < -0.4 is 0 Å². The molecule has 17 heavy (non-hydrogen) atoms. The van der Waals surface area contributed by atoms with Crippen molar-refractivity contribution in [3.05, 3.63) is 47.3 Å². The van der Waals surface area contributed by atoms with Crippen molar-refractivity contribution >= 4 is 5.78 Å². The molecule has 1 atom stereocenters. The van der Waals surface area contributed by atoms with Crippen molar-refractivity contribution in [2.24, 2.45) is 0 Å². The fourth-order valence-corrected chi connectivity index (χ4v) is 2.41. The highest BCUT2D eigenvalue weighted by molar-refractivity contribution is 5.98. The summed E-state index contributed by atoms with van der Waals surface area (Å²) >= 11 is 0. The monoisotopic (exact) mass is 228 g/mol. The van der Waals surface area contributed by atoms with Crippen molar-refractivity contribution in [3.63, 3.8) is 0 Å². The van der Waals surface area contributed by atoms with Gasteiger partial charge in [0.25, 0.3) is 0 Å². The maximum absolute atomic E-state index is 11.9. The largest absolute Gasteiger partial charge is 0.508 e. The van der Waals surface area contributed by atoms with Crippen LogP contribution in [0.5, 0.6) is 5.75 Å². The van der Waals surface area contributed by atoms with Gasteiger partial charge in [-0.25, -0.2) is 0 Å². The number of ketones is 1. The molecular weight excluding hydrogens is 216 g/mol. The fourth-order valence-electron chi connectivity index (χ4n) is 2.41. The Morgan fingerprint density at radius 2 is 2.12 bits per heavy atom. The van der Waals surface area contributed by atoms with Crippen molar-refractivity contribution in [3.8, 4) is 5.75 Å². The lowest BCUT2D eigenvalue weighted by molar-refractivity contribution is 0.0964. The van der Waals surface area contributed by atoms with Gasteiger partial charge in [0.15, 0.2) is 5.78 Å². The maximum Gasteiger partial charge on any atom is 0.166 e. The number of phenolic OH excluding ortho intramolecular Hbond substituents is 1. The molecule has 4 heteroatoms. The highest BCUT2D eigenvalue weighted by atomic mass is 16.3. The summed E-state index contributed by atoms with van der Waals surface area (Å²) in [5.41, 5.74) is 2.40. The molecule has 1 aromatic carbocycles. The third-order valence-corrected chi connectivity index (χ3v) is 3.28. The van der Waals surface area contributed by atoms with Crippen LogP contribution in [0.2, 0.25) is 0 Å². The first kappa shape index (κ1) is 10.1. The van der Waals surface area contributed by atoms with Gasteiger partial charge in [-0.05, 0) is 18.1 Å². The van der Waals surface area contributed by atoms with Crippen LogP contribution >= 0.6 is 0 Å². The molecule has 1 unspecified atom stereocenters. The number of aromatic amines is 1. The second-order valence-electron chi connectivity index (χ2n) is 4.35. The Bertz CT molecular complexity index is 574. The van der Waals surface area contributed by atoms with Crippen molar-refractivity contribution in [2.45, 2.75) is 18.8 Å². The van der Waals surface area contributed by atoms with Crippen LogP contribution in [0.15, 0.2) is 30.5 Å². The minimum absolute atomic E-state index is 0.0386. The van der Waals surface area contributed by atoms with E-state index in [1.165, 1.54) is 0 Å². The van der Waals surface area contributed by atoms with E-state index in [9.17, 15) is 9.90 Å². The number of nitrogens with zero attached hydrogens (tertiary/aromatic N) is 1. The summed E-state index contributed by atoms with van der Waals surface area (Å²) in [4.78, 5) is 11.9. The summed E-state index contributed by atoms with van der Waals surface area (Å²) in [5, 5.41) is 16.6. The van der Waals surface area contributed by atoms with Gasteiger partial charge >= 0.3 is 0 Å². The Morgan fingerprint density at radius 1 is 1.29 bits per heavy atom. The van der Waals surface area contributed by atoms with Crippen molar-refractivity contribution < 1.29 is 9.90 Å². The summed E-state index contributed by atoms with van der Waals surface area (Å²) < 4.78 is 0. The third kappa shape index (κ3) is 1.62. The fraction of sp³-hybridized carbons (Fsp3) is 0.231. The number of phenols is 1. The number of hydrogen-bond donors (Lipinski definition) is 2. The normalized spacial score (nSPS) is 19.1. The van der Waals surface area contributed by atoms with E-state index in [2.05, 4.69) is 10.2 Å². The molecule has 2 aromatic rings. The summed E-state index contributed by atoms with van der Waals surface area (Å²) in [6, 6.07) is 7.18. The molecule has 0 amide bonds. The number of fused-ring (bicyclic) bond motifs is 1. The Labute approximate surface area is 98.3 Å². The van der Waals surface area contributed by atoms with Crippen molar-refractivity contribution in [2.75, 3.05) is 0 Å². The number of carbonyl (C=O) groups excluding carboxylic acids is 1. The summed E-state index contributed by atoms with van der Waals surface area (Å²) in [6.45, 7) is 0. The summed E-state index contributed by atoms with van der Waals surface area (Å²) in [7, 11) is 0. The molecule has 0 radical (unpaired) electrons. The lowest BCUT2D eigenvalue weighted by atomic mass is 9.82. The maximum atomic E-state index is 11.9. The van der Waals surface area contributed by atoms with Crippen LogP contribution in [0, 0.1) is 0 Å². The van der Waals surface area contributed by atoms with Gasteiger partial charge in [0.1, 0.15) is 5.75 Å². The van der Waals surface area contributed by atoms with E-state index in [0.717, 1.165) is 17.7 Å². The van der Waals surface area contributed by atoms with E-state index in [1.807, 2.05) is 12.1 Å². The number of nitrogens with one attached hydrogen (secondary N) is 1. The lowest BCUT2D eigenvalue weighted by Crippen LogP contribution is -2.18. The number of benzene rings is 1. The number of para-hydroxylation sites is 1. The number of hydrogen-bond acceptors (Lipinski definition) is 3. The van der Waals surface area contributed by atoms with E-state index in [4.69, 9.17) is 0 Å². The first-order valence-corrected chi connectivity index (χ1v) is 5.59. The standard InChI is InChI=1S/C13H12N2O2/c16-12-4-2-1-3-9(12)8-5-11-10(7-14-15-11)13(17)6-8/h1-4,7-8,16H,5-6H2,(H,14,15). The van der Waals surface area contributed by atoms with Gasteiger partial charge in [-0.2, -0.15) is 5.10 Å². The average Bonchev–Trinajstić information content (AvgIpc) is 2.78. The van der Waals surface area contributed by atoms with Crippen molar-refractivity contribution in [1.82, 2.24) is 10.2 Å². The van der Waals surface area contributed by atoms with Gasteiger partial charge in [0.05, 0.1) is 11.8 Å². The molecule has 1 aliphatic rings. The Hall–Kier alpha value is -2.10. The van der Waals surface area contributed by atoms with Gasteiger partial charge in [-0.3, -0.25) is 9.89 Å². The van der Waals surface area contributed by atoms with E-state index >= 15 is 0 Å². The molecule has 1 aliphatic carbocycles. The molecule has 0 saturated carbocycles. The number of rotatable bonds is 1. The summed E-state index contributed by atoms with van der Waals surface area (Å²) in [6.07, 6.45) is 2.74. The third-order valence-electron chi connectivity index (χ3n) is 3.28. The van der Waals surface area contributed by atoms with Gasteiger partial charge in [-0.1, -0.05) is 18.2 Å². The number of aromatic nitrogens is 2. The Balaban J connectivity index is 1.99. The molecule has 1 aromatic heterocycles. The molecule has 4 nitrogen and oxygen atoms in total. The van der Waals surface area contributed by atoms with Crippen LogP contribution in [-0.2, 0) is 6.42 Å². The van der Waals surface area contributed by atoms with Crippen LogP contribution in [0.4, 0.5) is 0 Å². The average molecular weight is 228 g/mol. The van der Waals surface area contributed by atoms with E-state index in [-0.39, 0.29) is 17.5 Å². The van der Waals surface area contributed by atoms with Crippen LogP contribution in [-0.4, -0.2) is 21.1 Å². The molecule has 86 valence electrons. The van der Waals surface area contributed by atoms with Crippen LogP contribution in [0.1, 0.15) is 34.0 Å². The summed E-state index contributed by atoms with van der Waals surface area (Å²) in [5.74, 6) is 0.387. The molecule has 2 N–H and O–H groups in total. The number of carbonyl (C=O) groups is 1. The number of aromatic hydroxyl groups is 1. The Kier molecular flexibility index (Phi) is 2.21. The molecule has 0 bridgehead atoms. The zero-order chi connectivity index (χ0) is 11.8. The van der Waals surface area contributed by atoms with Gasteiger partial charge < -0.3 is 5.11 Å². The molecule has 0 spiro atoms. The van der Waals surface area contributed by atoms with Gasteiger partial charge in [0.2, 0.25) is 0 Å². The predicted molar refractivity (Wildman–Crippen MR) is 62.1 cm³/mol.